The van der Waals surface area contributed by atoms with Crippen LogP contribution in [0, 0.1) is 17.1 Å². The standard InChI is InChI=1S/C23H19FN4O4/c1-2-30-19(29)11-17-21-20(15(12-25)22(26)32-23(21)28-27-17)13-8-9-16(24)18(10-13)31-14-6-4-3-5-7-14/h3-10,20H,2,11,26H2,1H3,(H,27,28)/t20-/m0/s1. The summed E-state index contributed by atoms with van der Waals surface area (Å²) in [4.78, 5) is 12.1. The number of aromatic nitrogens is 2. The Kier molecular flexibility index (Phi) is 5.77. The third-order valence-corrected chi connectivity index (χ3v) is 4.90. The quantitative estimate of drug-likeness (QED) is 0.568. The molecular formula is C23H19FN4O4. The Labute approximate surface area is 183 Å². The highest BCUT2D eigenvalue weighted by molar-refractivity contribution is 5.73. The van der Waals surface area contributed by atoms with E-state index in [9.17, 15) is 14.4 Å². The van der Waals surface area contributed by atoms with Gasteiger partial charge < -0.3 is 19.9 Å². The molecule has 0 unspecified atom stereocenters. The Balaban J connectivity index is 1.79. The van der Waals surface area contributed by atoms with Crippen LogP contribution in [0.5, 0.6) is 17.4 Å². The van der Waals surface area contributed by atoms with Crippen LogP contribution >= 0.6 is 0 Å². The lowest BCUT2D eigenvalue weighted by Gasteiger charge is -2.24. The van der Waals surface area contributed by atoms with Gasteiger partial charge in [-0.15, -0.1) is 5.10 Å². The van der Waals surface area contributed by atoms with Gasteiger partial charge in [0, 0.05) is 0 Å². The molecule has 3 aromatic rings. The van der Waals surface area contributed by atoms with E-state index in [0.29, 0.717) is 22.6 Å². The van der Waals surface area contributed by atoms with Crippen LogP contribution in [0.2, 0.25) is 0 Å². The van der Waals surface area contributed by atoms with Crippen molar-refractivity contribution in [3.63, 3.8) is 0 Å². The van der Waals surface area contributed by atoms with Crippen LogP contribution in [0.3, 0.4) is 0 Å². The van der Waals surface area contributed by atoms with Crippen molar-refractivity contribution >= 4 is 5.97 Å². The topological polar surface area (TPSA) is 123 Å². The number of fused-ring (bicyclic) bond motifs is 1. The maximum absolute atomic E-state index is 14.5. The van der Waals surface area contributed by atoms with E-state index in [1.807, 2.05) is 6.07 Å². The van der Waals surface area contributed by atoms with Gasteiger partial charge in [0.2, 0.25) is 11.8 Å². The number of allylic oxidation sites excluding steroid dienone is 1. The maximum atomic E-state index is 14.5. The molecule has 0 aliphatic carbocycles. The fraction of sp³-hybridized carbons (Fsp3) is 0.174. The van der Waals surface area contributed by atoms with Gasteiger partial charge >= 0.3 is 5.97 Å². The zero-order chi connectivity index (χ0) is 22.7. The van der Waals surface area contributed by atoms with E-state index in [-0.39, 0.29) is 36.1 Å². The second-order valence-electron chi connectivity index (χ2n) is 6.93. The molecule has 0 saturated carbocycles. The minimum absolute atomic E-state index is 0.0203. The lowest BCUT2D eigenvalue weighted by atomic mass is 9.83. The molecule has 9 heteroatoms. The van der Waals surface area contributed by atoms with Gasteiger partial charge in [0.15, 0.2) is 11.6 Å². The zero-order valence-electron chi connectivity index (χ0n) is 17.1. The molecule has 1 atom stereocenters. The molecule has 1 aliphatic heterocycles. The highest BCUT2D eigenvalue weighted by Crippen LogP contribution is 2.44. The average Bonchev–Trinajstić information content (AvgIpc) is 3.17. The lowest BCUT2D eigenvalue weighted by molar-refractivity contribution is -0.142. The molecule has 162 valence electrons. The summed E-state index contributed by atoms with van der Waals surface area (Å²) < 4.78 is 30.7. The van der Waals surface area contributed by atoms with Crippen LogP contribution in [0.1, 0.15) is 29.7 Å². The monoisotopic (exact) mass is 434 g/mol. The van der Waals surface area contributed by atoms with Gasteiger partial charge in [0.1, 0.15) is 17.4 Å². The number of ether oxygens (including phenoxy) is 3. The summed E-state index contributed by atoms with van der Waals surface area (Å²) in [5.74, 6) is -1.32. The molecule has 3 N–H and O–H groups in total. The molecule has 2 aromatic carbocycles. The molecule has 0 bridgehead atoms. The average molecular weight is 434 g/mol. The smallest absolute Gasteiger partial charge is 0.311 e. The highest BCUT2D eigenvalue weighted by Gasteiger charge is 2.36. The summed E-state index contributed by atoms with van der Waals surface area (Å²) in [6.07, 6.45) is -0.108. The number of benzene rings is 2. The van der Waals surface area contributed by atoms with E-state index in [4.69, 9.17) is 19.9 Å². The first-order valence-corrected chi connectivity index (χ1v) is 9.84. The number of para-hydroxylation sites is 1. The van der Waals surface area contributed by atoms with Crippen molar-refractivity contribution in [3.05, 3.63) is 82.6 Å². The Morgan fingerprint density at radius 1 is 1.31 bits per heavy atom. The number of carbonyl (C=O) groups excluding carboxylic acids is 1. The normalized spacial score (nSPS) is 14.8. The number of nitriles is 1. The molecule has 0 amide bonds. The SMILES string of the molecule is CCOC(=O)Cc1[nH]nc2c1[C@@H](c1ccc(F)c(Oc3ccccc3)c1)C(C#N)=C(N)O2. The summed E-state index contributed by atoms with van der Waals surface area (Å²) in [6.45, 7) is 1.93. The van der Waals surface area contributed by atoms with Crippen LogP contribution in [0.15, 0.2) is 60.0 Å². The van der Waals surface area contributed by atoms with Crippen LogP contribution in [0.4, 0.5) is 4.39 Å². The molecule has 0 radical (unpaired) electrons. The number of halogens is 1. The molecule has 32 heavy (non-hydrogen) atoms. The fourth-order valence-electron chi connectivity index (χ4n) is 3.53. The van der Waals surface area contributed by atoms with Crippen LogP contribution in [0.25, 0.3) is 0 Å². The maximum Gasteiger partial charge on any atom is 0.311 e. The third kappa shape index (κ3) is 3.98. The second-order valence-corrected chi connectivity index (χ2v) is 6.93. The predicted octanol–water partition coefficient (Wildman–Crippen LogP) is 3.66. The Bertz CT molecular complexity index is 1230. The summed E-state index contributed by atoms with van der Waals surface area (Å²) in [5, 5.41) is 16.6. The number of esters is 1. The summed E-state index contributed by atoms with van der Waals surface area (Å²) in [5.41, 5.74) is 7.47. The largest absolute Gasteiger partial charge is 0.466 e. The fourth-order valence-corrected chi connectivity index (χ4v) is 3.53. The molecular weight excluding hydrogens is 415 g/mol. The molecule has 0 saturated heterocycles. The highest BCUT2D eigenvalue weighted by atomic mass is 19.1. The van der Waals surface area contributed by atoms with E-state index in [1.165, 1.54) is 18.2 Å². The number of aromatic amines is 1. The number of nitrogens with one attached hydrogen (secondary N) is 1. The van der Waals surface area contributed by atoms with Gasteiger partial charge in [-0.1, -0.05) is 24.3 Å². The molecule has 0 spiro atoms. The van der Waals surface area contributed by atoms with Crippen LogP contribution < -0.4 is 15.2 Å². The van der Waals surface area contributed by atoms with Crippen LogP contribution in [-0.4, -0.2) is 22.8 Å². The van der Waals surface area contributed by atoms with E-state index in [0.717, 1.165) is 0 Å². The molecule has 8 nitrogen and oxygen atoms in total. The summed E-state index contributed by atoms with van der Waals surface area (Å²) in [6, 6.07) is 15.1. The van der Waals surface area contributed by atoms with Gasteiger partial charge in [-0.05, 0) is 36.8 Å². The number of nitrogens with zero attached hydrogens (tertiary/aromatic N) is 2. The number of H-pyrrole nitrogens is 1. The number of nitrogens with two attached hydrogens (primary N) is 1. The third-order valence-electron chi connectivity index (χ3n) is 4.90. The summed E-state index contributed by atoms with van der Waals surface area (Å²) >= 11 is 0. The molecule has 1 aliphatic rings. The molecule has 4 rings (SSSR count). The van der Waals surface area contributed by atoms with Gasteiger partial charge in [0.05, 0.1) is 30.2 Å². The van der Waals surface area contributed by atoms with E-state index < -0.39 is 17.7 Å². The lowest BCUT2D eigenvalue weighted by Crippen LogP contribution is -2.22. The van der Waals surface area contributed by atoms with Gasteiger partial charge in [-0.25, -0.2) is 4.39 Å². The molecule has 0 fully saturated rings. The van der Waals surface area contributed by atoms with E-state index in [2.05, 4.69) is 16.3 Å². The zero-order valence-corrected chi connectivity index (χ0v) is 17.1. The Hall–Kier alpha value is -4.32. The minimum atomic E-state index is -0.745. The number of rotatable bonds is 6. The minimum Gasteiger partial charge on any atom is -0.466 e. The Morgan fingerprint density at radius 3 is 2.81 bits per heavy atom. The van der Waals surface area contributed by atoms with Crippen molar-refractivity contribution in [2.45, 2.75) is 19.3 Å². The van der Waals surface area contributed by atoms with Crippen molar-refractivity contribution in [2.24, 2.45) is 5.73 Å². The van der Waals surface area contributed by atoms with Gasteiger partial charge in [-0.3, -0.25) is 9.89 Å². The van der Waals surface area contributed by atoms with Gasteiger partial charge in [-0.2, -0.15) is 5.26 Å². The van der Waals surface area contributed by atoms with Gasteiger partial charge in [0.25, 0.3) is 0 Å². The molecule has 2 heterocycles. The molecule has 1 aromatic heterocycles. The van der Waals surface area contributed by atoms with Crippen molar-refractivity contribution in [2.75, 3.05) is 6.61 Å². The van der Waals surface area contributed by atoms with Crippen molar-refractivity contribution in [1.29, 1.82) is 5.26 Å². The van der Waals surface area contributed by atoms with Crippen molar-refractivity contribution < 1.29 is 23.4 Å². The number of hydrogen-bond donors (Lipinski definition) is 2. The Morgan fingerprint density at radius 2 is 2.09 bits per heavy atom. The predicted molar refractivity (Wildman–Crippen MR) is 111 cm³/mol. The van der Waals surface area contributed by atoms with Crippen molar-refractivity contribution in [3.8, 4) is 23.4 Å². The first-order valence-electron chi connectivity index (χ1n) is 9.84. The number of hydrogen-bond acceptors (Lipinski definition) is 7. The van der Waals surface area contributed by atoms with Crippen LogP contribution in [-0.2, 0) is 16.0 Å². The first-order chi connectivity index (χ1) is 15.5. The second kappa shape index (κ2) is 8.81. The number of carbonyl (C=O) groups is 1. The van der Waals surface area contributed by atoms with E-state index in [1.54, 1.807) is 31.2 Å². The van der Waals surface area contributed by atoms with Crippen molar-refractivity contribution in [1.82, 2.24) is 10.2 Å². The first kappa shape index (κ1) is 20.9. The summed E-state index contributed by atoms with van der Waals surface area (Å²) in [7, 11) is 0. The van der Waals surface area contributed by atoms with E-state index >= 15 is 0 Å².